The number of nitrogens with one attached hydrogen (secondary N) is 1. The van der Waals surface area contributed by atoms with Crippen LogP contribution in [0.25, 0.3) is 22.0 Å². The van der Waals surface area contributed by atoms with Gasteiger partial charge in [0.1, 0.15) is 5.75 Å². The highest BCUT2D eigenvalue weighted by molar-refractivity contribution is 6.35. The van der Waals surface area contributed by atoms with E-state index in [0.29, 0.717) is 33.3 Å². The molecule has 33 heavy (non-hydrogen) atoms. The van der Waals surface area contributed by atoms with Crippen molar-refractivity contribution < 1.29 is 9.53 Å². The summed E-state index contributed by atoms with van der Waals surface area (Å²) in [7, 11) is 0. The highest BCUT2D eigenvalue weighted by Crippen LogP contribution is 2.44. The molecule has 4 aromatic rings. The zero-order valence-corrected chi connectivity index (χ0v) is 18.8. The van der Waals surface area contributed by atoms with Crippen LogP contribution in [0.1, 0.15) is 22.3 Å². The molecule has 0 bridgehead atoms. The van der Waals surface area contributed by atoms with Crippen molar-refractivity contribution in [3.8, 4) is 22.9 Å². The van der Waals surface area contributed by atoms with Crippen molar-refractivity contribution in [2.75, 3.05) is 6.61 Å². The van der Waals surface area contributed by atoms with E-state index >= 15 is 0 Å². The Morgan fingerprint density at radius 1 is 1.06 bits per heavy atom. The van der Waals surface area contributed by atoms with Gasteiger partial charge in [0.25, 0.3) is 5.91 Å². The SMILES string of the molecule is N#C[C@]1(NC(=O)c2cnc3ccccc3c2)CCOc2c(-c3cc(Cl)cc(Cl)c3)cccc21. The van der Waals surface area contributed by atoms with Crippen LogP contribution in [0, 0.1) is 11.3 Å². The second kappa shape index (κ2) is 8.40. The summed E-state index contributed by atoms with van der Waals surface area (Å²) in [5.41, 5.74) is 2.03. The number of hydrogen-bond donors (Lipinski definition) is 1. The van der Waals surface area contributed by atoms with E-state index in [2.05, 4.69) is 16.4 Å². The van der Waals surface area contributed by atoms with Gasteiger partial charge in [-0.3, -0.25) is 9.78 Å². The average molecular weight is 474 g/mol. The van der Waals surface area contributed by atoms with Crippen LogP contribution in [0.5, 0.6) is 5.75 Å². The maximum Gasteiger partial charge on any atom is 0.254 e. The van der Waals surface area contributed by atoms with Crippen molar-refractivity contribution in [1.29, 1.82) is 5.26 Å². The Morgan fingerprint density at radius 3 is 2.64 bits per heavy atom. The van der Waals surface area contributed by atoms with Crippen LogP contribution in [0.2, 0.25) is 10.0 Å². The average Bonchev–Trinajstić information content (AvgIpc) is 2.83. The third-order valence-electron chi connectivity index (χ3n) is 5.74. The minimum Gasteiger partial charge on any atom is -0.492 e. The summed E-state index contributed by atoms with van der Waals surface area (Å²) in [4.78, 5) is 17.6. The number of fused-ring (bicyclic) bond motifs is 2. The third kappa shape index (κ3) is 3.89. The van der Waals surface area contributed by atoms with Gasteiger partial charge >= 0.3 is 0 Å². The van der Waals surface area contributed by atoms with Gasteiger partial charge in [-0.1, -0.05) is 59.6 Å². The largest absolute Gasteiger partial charge is 0.492 e. The number of hydrogen-bond acceptors (Lipinski definition) is 4. The maximum atomic E-state index is 13.2. The van der Waals surface area contributed by atoms with E-state index in [9.17, 15) is 10.1 Å². The number of benzene rings is 3. The molecule has 1 aliphatic rings. The molecule has 1 amide bonds. The van der Waals surface area contributed by atoms with E-state index in [-0.39, 0.29) is 12.5 Å². The zero-order valence-electron chi connectivity index (χ0n) is 17.3. The van der Waals surface area contributed by atoms with Crippen molar-refractivity contribution in [2.24, 2.45) is 0 Å². The maximum absolute atomic E-state index is 13.2. The first kappa shape index (κ1) is 21.3. The Hall–Kier alpha value is -3.59. The first-order chi connectivity index (χ1) is 16.0. The molecule has 1 atom stereocenters. The zero-order chi connectivity index (χ0) is 23.0. The number of carbonyl (C=O) groups excluding carboxylic acids is 1. The second-order valence-corrected chi connectivity index (χ2v) is 8.70. The molecule has 0 saturated heterocycles. The monoisotopic (exact) mass is 473 g/mol. The van der Waals surface area contributed by atoms with Gasteiger partial charge in [-0.05, 0) is 35.9 Å². The summed E-state index contributed by atoms with van der Waals surface area (Å²) in [6, 6.07) is 22.4. The molecular formula is C26H17Cl2N3O2. The molecule has 0 fully saturated rings. The van der Waals surface area contributed by atoms with Gasteiger partial charge in [0.2, 0.25) is 0 Å². The standard InChI is InChI=1S/C26H17Cl2N3O2/c27-19-11-17(12-20(28)13-19)21-5-3-6-22-24(21)33-9-8-26(22,15-29)31-25(32)18-10-16-4-1-2-7-23(16)30-14-18/h1-7,10-14H,8-9H2,(H,31,32)/t26-/m1/s1. The Morgan fingerprint density at radius 2 is 1.85 bits per heavy atom. The molecular weight excluding hydrogens is 457 g/mol. The van der Waals surface area contributed by atoms with Gasteiger partial charge in [-0.25, -0.2) is 0 Å². The molecule has 5 nitrogen and oxygen atoms in total. The van der Waals surface area contributed by atoms with E-state index in [4.69, 9.17) is 27.9 Å². The van der Waals surface area contributed by atoms with Gasteiger partial charge in [-0.2, -0.15) is 5.26 Å². The van der Waals surface area contributed by atoms with Crippen LogP contribution in [-0.2, 0) is 5.54 Å². The fourth-order valence-corrected chi connectivity index (χ4v) is 4.67. The van der Waals surface area contributed by atoms with Crippen LogP contribution < -0.4 is 10.1 Å². The molecule has 0 saturated carbocycles. The van der Waals surface area contributed by atoms with Crippen LogP contribution in [0.15, 0.2) is 72.9 Å². The van der Waals surface area contributed by atoms with Crippen molar-refractivity contribution in [3.63, 3.8) is 0 Å². The predicted octanol–water partition coefficient (Wildman–Crippen LogP) is 6.14. The molecule has 2 heterocycles. The number of amides is 1. The molecule has 0 spiro atoms. The van der Waals surface area contributed by atoms with Gasteiger partial charge < -0.3 is 10.1 Å². The van der Waals surface area contributed by atoms with Gasteiger partial charge in [0.15, 0.2) is 5.54 Å². The van der Waals surface area contributed by atoms with Crippen LogP contribution in [0.3, 0.4) is 0 Å². The Bertz CT molecular complexity index is 1430. The van der Waals surface area contributed by atoms with Crippen molar-refractivity contribution >= 4 is 40.0 Å². The molecule has 7 heteroatoms. The fraction of sp³-hybridized carbons (Fsp3) is 0.115. The highest BCUT2D eigenvalue weighted by atomic mass is 35.5. The first-order valence-electron chi connectivity index (χ1n) is 10.3. The predicted molar refractivity (Wildman–Crippen MR) is 129 cm³/mol. The molecule has 3 aromatic carbocycles. The van der Waals surface area contributed by atoms with Gasteiger partial charge in [-0.15, -0.1) is 0 Å². The smallest absolute Gasteiger partial charge is 0.254 e. The molecule has 0 aliphatic carbocycles. The number of rotatable bonds is 3. The lowest BCUT2D eigenvalue weighted by Gasteiger charge is -2.35. The lowest BCUT2D eigenvalue weighted by Crippen LogP contribution is -2.48. The fourth-order valence-electron chi connectivity index (χ4n) is 4.14. The number of nitriles is 1. The molecule has 162 valence electrons. The van der Waals surface area contributed by atoms with Crippen molar-refractivity contribution in [3.05, 3.63) is 94.1 Å². The van der Waals surface area contributed by atoms with E-state index < -0.39 is 5.54 Å². The number of pyridine rings is 1. The van der Waals surface area contributed by atoms with E-state index in [1.165, 1.54) is 6.20 Å². The minimum absolute atomic E-state index is 0.266. The number of para-hydroxylation sites is 2. The first-order valence-corrected chi connectivity index (χ1v) is 11.1. The number of ether oxygens (including phenoxy) is 1. The Labute approximate surface area is 200 Å². The number of halogens is 2. The quantitative estimate of drug-likeness (QED) is 0.387. The summed E-state index contributed by atoms with van der Waals surface area (Å²) in [5.74, 6) is 0.152. The summed E-state index contributed by atoms with van der Waals surface area (Å²) >= 11 is 12.4. The molecule has 0 unspecified atom stereocenters. The summed E-state index contributed by atoms with van der Waals surface area (Å²) in [6.45, 7) is 0.266. The van der Waals surface area contributed by atoms with E-state index in [1.54, 1.807) is 30.3 Å². The van der Waals surface area contributed by atoms with Crippen LogP contribution >= 0.6 is 23.2 Å². The lowest BCUT2D eigenvalue weighted by molar-refractivity contribution is 0.0896. The van der Waals surface area contributed by atoms with Gasteiger partial charge in [0, 0.05) is 39.2 Å². The van der Waals surface area contributed by atoms with Crippen LogP contribution in [0.4, 0.5) is 0 Å². The molecule has 5 rings (SSSR count). The minimum atomic E-state index is -1.26. The van der Waals surface area contributed by atoms with E-state index in [1.807, 2.05) is 36.4 Å². The Kier molecular flexibility index (Phi) is 5.41. The lowest BCUT2D eigenvalue weighted by atomic mass is 9.83. The molecule has 0 radical (unpaired) electrons. The molecule has 1 N–H and O–H groups in total. The number of aromatic nitrogens is 1. The summed E-state index contributed by atoms with van der Waals surface area (Å²) < 4.78 is 5.99. The highest BCUT2D eigenvalue weighted by Gasteiger charge is 2.41. The van der Waals surface area contributed by atoms with Crippen molar-refractivity contribution in [1.82, 2.24) is 10.3 Å². The summed E-state index contributed by atoms with van der Waals surface area (Å²) in [6.07, 6.45) is 1.83. The summed E-state index contributed by atoms with van der Waals surface area (Å²) in [5, 5.41) is 15.0. The molecule has 1 aliphatic heterocycles. The Balaban J connectivity index is 1.56. The van der Waals surface area contributed by atoms with E-state index in [0.717, 1.165) is 22.0 Å². The third-order valence-corrected chi connectivity index (χ3v) is 6.18. The normalized spacial score (nSPS) is 17.0. The van der Waals surface area contributed by atoms with Gasteiger partial charge in [0.05, 0.1) is 23.8 Å². The number of nitrogens with zero attached hydrogens (tertiary/aromatic N) is 2. The van der Waals surface area contributed by atoms with Crippen molar-refractivity contribution in [2.45, 2.75) is 12.0 Å². The topological polar surface area (TPSA) is 75.0 Å². The second-order valence-electron chi connectivity index (χ2n) is 7.83. The number of carbonyl (C=O) groups is 1. The molecule has 1 aromatic heterocycles. The van der Waals surface area contributed by atoms with Crippen LogP contribution in [-0.4, -0.2) is 17.5 Å².